The van der Waals surface area contributed by atoms with E-state index in [9.17, 15) is 4.79 Å². The van der Waals surface area contributed by atoms with Crippen LogP contribution in [0.4, 0.5) is 0 Å². The van der Waals surface area contributed by atoms with Gasteiger partial charge in [0.05, 0.1) is 12.7 Å². The first-order chi connectivity index (χ1) is 4.22. The van der Waals surface area contributed by atoms with Crippen LogP contribution in [0.25, 0.3) is 0 Å². The summed E-state index contributed by atoms with van der Waals surface area (Å²) in [5.41, 5.74) is 0. The van der Waals surface area contributed by atoms with Gasteiger partial charge in [-0.3, -0.25) is 0 Å². The van der Waals surface area contributed by atoms with Crippen LogP contribution in [0.1, 0.15) is 6.42 Å². The Morgan fingerprint density at radius 2 is 1.80 bits per heavy atom. The molecule has 0 saturated heterocycles. The first-order valence-corrected chi connectivity index (χ1v) is 2.63. The van der Waals surface area contributed by atoms with E-state index in [4.69, 9.17) is 15.3 Å². The van der Waals surface area contributed by atoms with Gasteiger partial charge in [0.1, 0.15) is 12.4 Å². The third kappa shape index (κ3) is 5.27. The Hall–Kier alpha value is 0.472. The molecular weight excluding hydrogens is 331 g/mol. The Morgan fingerprint density at radius 1 is 1.30 bits per heavy atom. The summed E-state index contributed by atoms with van der Waals surface area (Å²) < 4.78 is 0. The monoisotopic (exact) mass is 344 g/mol. The molecule has 3 N–H and O–H groups in total. The normalized spacial score (nSPS) is 15.1. The number of carbonyl (C=O) groups excluding carboxylic acids is 1. The van der Waals surface area contributed by atoms with Crippen LogP contribution in [0, 0.1) is 0 Å². The molecule has 10 heavy (non-hydrogen) atoms. The predicted molar refractivity (Wildman–Crippen MR) is 38.3 cm³/mol. The summed E-state index contributed by atoms with van der Waals surface area (Å²) in [5.74, 6) is 0. The van der Waals surface area contributed by atoms with Gasteiger partial charge in [0.15, 0.2) is 0 Å². The van der Waals surface area contributed by atoms with Gasteiger partial charge in [0.2, 0.25) is 0 Å². The average molecular weight is 343 g/mol. The second-order valence-corrected chi connectivity index (χ2v) is 1.72. The number of aldehydes is 1. The fourth-order valence-corrected chi connectivity index (χ4v) is 0.377. The molecule has 0 spiro atoms. The number of hydrogen-bond acceptors (Lipinski definition) is 4. The SMILES string of the molecule is O=CCC(O)C(O)CO.[PbH2]. The topological polar surface area (TPSA) is 77.8 Å². The standard InChI is InChI=1S/C5H10O4.Pb.2H/c6-2-1-4(8)5(9)3-7;;;/h2,4-5,7-9H,1,3H2;;;. The number of carbonyl (C=O) groups is 1. The van der Waals surface area contributed by atoms with E-state index in [2.05, 4.69) is 0 Å². The van der Waals surface area contributed by atoms with Crippen molar-refractivity contribution in [3.63, 3.8) is 0 Å². The second-order valence-electron chi connectivity index (χ2n) is 1.72. The summed E-state index contributed by atoms with van der Waals surface area (Å²) >= 11 is 0. The van der Waals surface area contributed by atoms with Gasteiger partial charge in [0.25, 0.3) is 0 Å². The third-order valence-electron chi connectivity index (χ3n) is 0.969. The molecule has 0 aliphatic rings. The summed E-state index contributed by atoms with van der Waals surface area (Å²) in [6, 6.07) is 0. The second kappa shape index (κ2) is 7.58. The van der Waals surface area contributed by atoms with Crippen LogP contribution in [-0.4, -0.2) is 67.7 Å². The van der Waals surface area contributed by atoms with Crippen LogP contribution in [0.15, 0.2) is 0 Å². The number of hydrogen-bond donors (Lipinski definition) is 3. The zero-order valence-corrected chi connectivity index (χ0v) is 11.1. The minimum atomic E-state index is -1.20. The fraction of sp³-hybridized carbons (Fsp3) is 0.800. The van der Waals surface area contributed by atoms with Crippen molar-refractivity contribution in [3.8, 4) is 0 Å². The Balaban J connectivity index is 0. The molecule has 0 heterocycles. The van der Waals surface area contributed by atoms with Crippen molar-refractivity contribution in [3.05, 3.63) is 0 Å². The van der Waals surface area contributed by atoms with Gasteiger partial charge >= 0.3 is 27.3 Å². The van der Waals surface area contributed by atoms with E-state index in [1.165, 1.54) is 0 Å². The molecule has 0 aromatic heterocycles. The first kappa shape index (κ1) is 13.1. The van der Waals surface area contributed by atoms with E-state index < -0.39 is 18.8 Å². The van der Waals surface area contributed by atoms with Crippen LogP contribution >= 0.6 is 0 Å². The van der Waals surface area contributed by atoms with Crippen molar-refractivity contribution in [1.29, 1.82) is 0 Å². The van der Waals surface area contributed by atoms with Crippen LogP contribution in [-0.2, 0) is 4.79 Å². The van der Waals surface area contributed by atoms with E-state index >= 15 is 0 Å². The molecule has 2 atom stereocenters. The first-order valence-electron chi connectivity index (χ1n) is 2.63. The molecule has 0 bridgehead atoms. The van der Waals surface area contributed by atoms with Gasteiger partial charge in [-0.25, -0.2) is 0 Å². The molecule has 0 aromatic carbocycles. The maximum atomic E-state index is 9.68. The fourth-order valence-electron chi connectivity index (χ4n) is 0.377. The van der Waals surface area contributed by atoms with Crippen LogP contribution < -0.4 is 0 Å². The number of aliphatic hydroxyl groups excluding tert-OH is 3. The molecule has 0 fully saturated rings. The van der Waals surface area contributed by atoms with Crippen molar-refractivity contribution in [2.24, 2.45) is 0 Å². The Bertz CT molecular complexity index is 87.7. The molecule has 0 aliphatic heterocycles. The molecule has 0 aromatic rings. The third-order valence-corrected chi connectivity index (χ3v) is 0.969. The Labute approximate surface area is 79.0 Å². The van der Waals surface area contributed by atoms with Crippen LogP contribution in [0.5, 0.6) is 0 Å². The molecule has 0 rings (SSSR count). The molecule has 2 unspecified atom stereocenters. The molecule has 0 aliphatic carbocycles. The predicted octanol–water partition coefficient (Wildman–Crippen LogP) is -2.63. The summed E-state index contributed by atoms with van der Waals surface area (Å²) in [6.07, 6.45) is -1.98. The van der Waals surface area contributed by atoms with Crippen molar-refractivity contribution in [2.45, 2.75) is 18.6 Å². The summed E-state index contributed by atoms with van der Waals surface area (Å²) in [6.45, 7) is -0.519. The van der Waals surface area contributed by atoms with E-state index in [0.29, 0.717) is 6.29 Å². The van der Waals surface area contributed by atoms with Crippen molar-refractivity contribution < 1.29 is 20.1 Å². The summed E-state index contributed by atoms with van der Waals surface area (Å²) in [7, 11) is 0. The average Bonchev–Trinajstić information content (AvgIpc) is 1.87. The summed E-state index contributed by atoms with van der Waals surface area (Å²) in [4.78, 5) is 9.68. The Morgan fingerprint density at radius 3 is 2.10 bits per heavy atom. The van der Waals surface area contributed by atoms with Crippen LogP contribution in [0.3, 0.4) is 0 Å². The van der Waals surface area contributed by atoms with Gasteiger partial charge in [-0.2, -0.15) is 0 Å². The van der Waals surface area contributed by atoms with Gasteiger partial charge < -0.3 is 20.1 Å². The number of rotatable bonds is 4. The molecule has 5 heteroatoms. The van der Waals surface area contributed by atoms with Gasteiger partial charge in [0, 0.05) is 6.42 Å². The van der Waals surface area contributed by atoms with Gasteiger partial charge in [-0.15, -0.1) is 0 Å². The van der Waals surface area contributed by atoms with Gasteiger partial charge in [-0.05, 0) is 0 Å². The molecule has 2 radical (unpaired) electrons. The maximum absolute atomic E-state index is 9.68. The van der Waals surface area contributed by atoms with E-state index in [0.717, 1.165) is 0 Å². The van der Waals surface area contributed by atoms with Crippen LogP contribution in [0.2, 0.25) is 0 Å². The van der Waals surface area contributed by atoms with Crippen molar-refractivity contribution in [1.82, 2.24) is 0 Å². The van der Waals surface area contributed by atoms with Crippen molar-refractivity contribution >= 4 is 33.6 Å². The van der Waals surface area contributed by atoms with E-state index in [1.54, 1.807) is 0 Å². The number of aliphatic hydroxyl groups is 3. The molecular formula is C5H12O4Pb. The minimum absolute atomic E-state index is 0. The van der Waals surface area contributed by atoms with E-state index in [-0.39, 0.29) is 33.7 Å². The molecule has 0 amide bonds. The van der Waals surface area contributed by atoms with E-state index in [1.807, 2.05) is 0 Å². The summed E-state index contributed by atoms with van der Waals surface area (Å²) in [5, 5.41) is 25.5. The molecule has 0 saturated carbocycles. The quantitative estimate of drug-likeness (QED) is 0.386. The molecule has 4 nitrogen and oxygen atoms in total. The zero-order chi connectivity index (χ0) is 7.28. The Kier molecular flexibility index (Phi) is 9.92. The zero-order valence-electron chi connectivity index (χ0n) is 5.60. The molecule has 60 valence electrons. The van der Waals surface area contributed by atoms with Gasteiger partial charge in [-0.1, -0.05) is 0 Å². The van der Waals surface area contributed by atoms with Crippen molar-refractivity contribution in [2.75, 3.05) is 6.61 Å².